The van der Waals surface area contributed by atoms with Crippen LogP contribution in [0.25, 0.3) is 0 Å². The second kappa shape index (κ2) is 6.46. The van der Waals surface area contributed by atoms with Gasteiger partial charge in [-0.25, -0.2) is 0 Å². The molecule has 0 radical (unpaired) electrons. The van der Waals surface area contributed by atoms with Crippen LogP contribution in [-0.2, 0) is 6.42 Å². The maximum Gasteiger partial charge on any atom is 0.119 e. The lowest BCUT2D eigenvalue weighted by Gasteiger charge is -2.08. The summed E-state index contributed by atoms with van der Waals surface area (Å²) in [5, 5.41) is 9.08. The SMILES string of the molecule is CCc1cccc(OCCCC(C)O)c1. The molecule has 0 amide bonds. The van der Waals surface area contributed by atoms with Crippen molar-refractivity contribution < 1.29 is 9.84 Å². The average Bonchev–Trinajstić information content (AvgIpc) is 2.24. The van der Waals surface area contributed by atoms with Crippen LogP contribution in [0.3, 0.4) is 0 Å². The second-order valence-corrected chi connectivity index (χ2v) is 3.84. The molecule has 0 fully saturated rings. The Labute approximate surface area is 91.9 Å². The average molecular weight is 208 g/mol. The highest BCUT2D eigenvalue weighted by molar-refractivity contribution is 5.28. The van der Waals surface area contributed by atoms with Gasteiger partial charge in [0.1, 0.15) is 5.75 Å². The first kappa shape index (κ1) is 12.1. The number of benzene rings is 1. The fraction of sp³-hybridized carbons (Fsp3) is 0.538. The van der Waals surface area contributed by atoms with Gasteiger partial charge in [-0.1, -0.05) is 19.1 Å². The normalized spacial score (nSPS) is 12.5. The molecule has 0 aromatic heterocycles. The predicted octanol–water partition coefficient (Wildman–Crippen LogP) is 2.79. The minimum absolute atomic E-state index is 0.226. The van der Waals surface area contributed by atoms with Crippen molar-refractivity contribution in [3.05, 3.63) is 29.8 Å². The molecular weight excluding hydrogens is 188 g/mol. The van der Waals surface area contributed by atoms with Gasteiger partial charge in [0.2, 0.25) is 0 Å². The molecular formula is C13H20O2. The Morgan fingerprint density at radius 2 is 2.20 bits per heavy atom. The van der Waals surface area contributed by atoms with Gasteiger partial charge in [0.15, 0.2) is 0 Å². The van der Waals surface area contributed by atoms with Crippen LogP contribution < -0.4 is 4.74 Å². The van der Waals surface area contributed by atoms with Crippen LogP contribution in [0.2, 0.25) is 0 Å². The van der Waals surface area contributed by atoms with Gasteiger partial charge in [-0.2, -0.15) is 0 Å². The van der Waals surface area contributed by atoms with E-state index in [9.17, 15) is 0 Å². The summed E-state index contributed by atoms with van der Waals surface area (Å²) in [4.78, 5) is 0. The first-order chi connectivity index (χ1) is 7.22. The van der Waals surface area contributed by atoms with E-state index < -0.39 is 0 Å². The van der Waals surface area contributed by atoms with Gasteiger partial charge in [0.25, 0.3) is 0 Å². The van der Waals surface area contributed by atoms with E-state index >= 15 is 0 Å². The molecule has 0 heterocycles. The Balaban J connectivity index is 2.30. The van der Waals surface area contributed by atoms with Crippen LogP contribution in [0.4, 0.5) is 0 Å². The third-order valence-electron chi connectivity index (χ3n) is 2.34. The fourth-order valence-electron chi connectivity index (χ4n) is 1.42. The van der Waals surface area contributed by atoms with Crippen molar-refractivity contribution in [2.45, 2.75) is 39.2 Å². The fourth-order valence-corrected chi connectivity index (χ4v) is 1.42. The molecule has 2 nitrogen and oxygen atoms in total. The molecule has 1 unspecified atom stereocenters. The smallest absolute Gasteiger partial charge is 0.119 e. The molecule has 0 saturated heterocycles. The molecule has 0 aliphatic rings. The van der Waals surface area contributed by atoms with Crippen molar-refractivity contribution >= 4 is 0 Å². The minimum atomic E-state index is -0.226. The van der Waals surface area contributed by atoms with E-state index in [0.29, 0.717) is 6.61 Å². The van der Waals surface area contributed by atoms with Crippen LogP contribution in [0.15, 0.2) is 24.3 Å². The zero-order valence-corrected chi connectivity index (χ0v) is 9.57. The Bertz CT molecular complexity index is 282. The summed E-state index contributed by atoms with van der Waals surface area (Å²) in [7, 11) is 0. The molecule has 15 heavy (non-hydrogen) atoms. The van der Waals surface area contributed by atoms with E-state index in [0.717, 1.165) is 25.0 Å². The number of rotatable bonds is 6. The highest BCUT2D eigenvalue weighted by Crippen LogP contribution is 2.14. The molecule has 84 valence electrons. The van der Waals surface area contributed by atoms with Crippen LogP contribution in [0.5, 0.6) is 5.75 Å². The zero-order chi connectivity index (χ0) is 11.1. The van der Waals surface area contributed by atoms with Crippen molar-refractivity contribution in [2.75, 3.05) is 6.61 Å². The molecule has 1 N–H and O–H groups in total. The van der Waals surface area contributed by atoms with Gasteiger partial charge in [0.05, 0.1) is 12.7 Å². The molecule has 0 aliphatic heterocycles. The Morgan fingerprint density at radius 3 is 2.87 bits per heavy atom. The molecule has 2 heteroatoms. The van der Waals surface area contributed by atoms with Crippen molar-refractivity contribution in [1.82, 2.24) is 0 Å². The van der Waals surface area contributed by atoms with Crippen molar-refractivity contribution in [3.63, 3.8) is 0 Å². The lowest BCUT2D eigenvalue weighted by molar-refractivity contribution is 0.170. The monoisotopic (exact) mass is 208 g/mol. The zero-order valence-electron chi connectivity index (χ0n) is 9.57. The first-order valence-corrected chi connectivity index (χ1v) is 5.62. The number of aliphatic hydroxyl groups is 1. The van der Waals surface area contributed by atoms with E-state index in [1.807, 2.05) is 12.1 Å². The van der Waals surface area contributed by atoms with Gasteiger partial charge >= 0.3 is 0 Å². The lowest BCUT2D eigenvalue weighted by atomic mass is 10.2. The number of aryl methyl sites for hydroxylation is 1. The van der Waals surface area contributed by atoms with Crippen LogP contribution in [0, 0.1) is 0 Å². The van der Waals surface area contributed by atoms with Gasteiger partial charge in [-0.3, -0.25) is 0 Å². The van der Waals surface area contributed by atoms with Crippen molar-refractivity contribution in [2.24, 2.45) is 0 Å². The molecule has 1 rings (SSSR count). The second-order valence-electron chi connectivity index (χ2n) is 3.84. The molecule has 1 aromatic carbocycles. The molecule has 0 bridgehead atoms. The molecule has 1 aromatic rings. The van der Waals surface area contributed by atoms with E-state index in [1.54, 1.807) is 6.92 Å². The van der Waals surface area contributed by atoms with Crippen LogP contribution in [0.1, 0.15) is 32.3 Å². The Hall–Kier alpha value is -1.02. The third-order valence-corrected chi connectivity index (χ3v) is 2.34. The summed E-state index contributed by atoms with van der Waals surface area (Å²) < 4.78 is 5.59. The molecule has 0 spiro atoms. The van der Waals surface area contributed by atoms with Gasteiger partial charge < -0.3 is 9.84 Å². The Kier molecular flexibility index (Phi) is 5.19. The third kappa shape index (κ3) is 4.84. The lowest BCUT2D eigenvalue weighted by Crippen LogP contribution is -2.04. The number of ether oxygens (including phenoxy) is 1. The molecule has 0 aliphatic carbocycles. The number of aliphatic hydroxyl groups excluding tert-OH is 1. The van der Waals surface area contributed by atoms with Crippen molar-refractivity contribution in [1.29, 1.82) is 0 Å². The summed E-state index contributed by atoms with van der Waals surface area (Å²) >= 11 is 0. The van der Waals surface area contributed by atoms with E-state index in [2.05, 4.69) is 19.1 Å². The maximum absolute atomic E-state index is 9.08. The topological polar surface area (TPSA) is 29.5 Å². The highest BCUT2D eigenvalue weighted by atomic mass is 16.5. The van der Waals surface area contributed by atoms with E-state index in [1.165, 1.54) is 5.56 Å². The highest BCUT2D eigenvalue weighted by Gasteiger charge is 1.97. The van der Waals surface area contributed by atoms with Gasteiger partial charge in [-0.15, -0.1) is 0 Å². The summed E-state index contributed by atoms with van der Waals surface area (Å²) in [6, 6.07) is 8.16. The summed E-state index contributed by atoms with van der Waals surface area (Å²) in [5.74, 6) is 0.931. The van der Waals surface area contributed by atoms with Gasteiger partial charge in [-0.05, 0) is 43.9 Å². The van der Waals surface area contributed by atoms with Crippen molar-refractivity contribution in [3.8, 4) is 5.75 Å². The quantitative estimate of drug-likeness (QED) is 0.728. The first-order valence-electron chi connectivity index (χ1n) is 5.62. The van der Waals surface area contributed by atoms with Gasteiger partial charge in [0, 0.05) is 0 Å². The number of hydrogen-bond donors (Lipinski definition) is 1. The summed E-state index contributed by atoms with van der Waals surface area (Å²) in [5.41, 5.74) is 1.29. The van der Waals surface area contributed by atoms with Crippen LogP contribution >= 0.6 is 0 Å². The predicted molar refractivity (Wildman–Crippen MR) is 62.2 cm³/mol. The molecule has 1 atom stereocenters. The summed E-state index contributed by atoms with van der Waals surface area (Å²) in [6.45, 7) is 4.61. The van der Waals surface area contributed by atoms with E-state index in [-0.39, 0.29) is 6.10 Å². The summed E-state index contributed by atoms with van der Waals surface area (Å²) in [6.07, 6.45) is 2.50. The van der Waals surface area contributed by atoms with Crippen LogP contribution in [-0.4, -0.2) is 17.8 Å². The minimum Gasteiger partial charge on any atom is -0.494 e. The van der Waals surface area contributed by atoms with E-state index in [4.69, 9.17) is 9.84 Å². The Morgan fingerprint density at radius 1 is 1.40 bits per heavy atom. The standard InChI is InChI=1S/C13H20O2/c1-3-12-7-4-8-13(10-12)15-9-5-6-11(2)14/h4,7-8,10-11,14H,3,5-6,9H2,1-2H3. The maximum atomic E-state index is 9.08. The number of hydrogen-bond acceptors (Lipinski definition) is 2. The largest absolute Gasteiger partial charge is 0.494 e. The molecule has 0 saturated carbocycles.